The fourth-order valence-corrected chi connectivity index (χ4v) is 4.97. The van der Waals surface area contributed by atoms with E-state index < -0.39 is 20.8 Å². The van der Waals surface area contributed by atoms with Crippen LogP contribution < -0.4 is 5.73 Å². The van der Waals surface area contributed by atoms with Crippen molar-refractivity contribution in [3.05, 3.63) is 52.2 Å². The summed E-state index contributed by atoms with van der Waals surface area (Å²) in [7, 11) is -4.03. The fourth-order valence-electron chi connectivity index (χ4n) is 3.35. The molecule has 0 unspecified atom stereocenters. The Morgan fingerprint density at radius 3 is 2.52 bits per heavy atom. The van der Waals surface area contributed by atoms with Gasteiger partial charge in [-0.05, 0) is 29.9 Å². The first kappa shape index (κ1) is 21.3. The Morgan fingerprint density at radius 1 is 1.30 bits per heavy atom. The van der Waals surface area contributed by atoms with E-state index in [4.69, 9.17) is 5.73 Å². The number of halogens is 1. The molecule has 27 heavy (non-hydrogen) atoms. The molecule has 1 saturated heterocycles. The van der Waals surface area contributed by atoms with Gasteiger partial charge in [0.15, 0.2) is 0 Å². The maximum Gasteiger partial charge on any atom is 0.410 e. The van der Waals surface area contributed by atoms with Gasteiger partial charge in [0.05, 0.1) is 17.8 Å². The van der Waals surface area contributed by atoms with Crippen molar-refractivity contribution >= 4 is 28.2 Å². The SMILES string of the molecule is CCn1cc(S(=O)(=O)N2C[C@@H](CN)[C@H](c3ccccc3)C2)c([N+](=O)[O-])n1.Cl. The molecule has 0 amide bonds. The molecule has 2 aromatic rings. The van der Waals surface area contributed by atoms with E-state index in [0.717, 1.165) is 5.56 Å². The fraction of sp³-hybridized carbons (Fsp3) is 0.438. The third kappa shape index (κ3) is 3.98. The molecule has 2 atom stereocenters. The van der Waals surface area contributed by atoms with Crippen LogP contribution in [0, 0.1) is 16.0 Å². The molecule has 148 valence electrons. The standard InChI is InChI=1S/C16H21N5O4S.ClH/c1-2-19-11-15(16(18-19)21(22)23)26(24,25)20-9-13(8-17)14(10-20)12-6-4-3-5-7-12;/h3-7,11,13-14H,2,8-10,17H2,1H3;1H/t13-,14+;/m1./s1. The highest BCUT2D eigenvalue weighted by molar-refractivity contribution is 7.89. The van der Waals surface area contributed by atoms with Crippen molar-refractivity contribution in [3.8, 4) is 0 Å². The van der Waals surface area contributed by atoms with Gasteiger partial charge in [-0.3, -0.25) is 0 Å². The number of nitrogens with zero attached hydrogens (tertiary/aromatic N) is 4. The lowest BCUT2D eigenvalue weighted by atomic mass is 9.89. The number of hydrogen-bond donors (Lipinski definition) is 1. The minimum absolute atomic E-state index is 0. The average molecular weight is 416 g/mol. The van der Waals surface area contributed by atoms with Gasteiger partial charge in [0.25, 0.3) is 10.0 Å². The van der Waals surface area contributed by atoms with Gasteiger partial charge in [-0.1, -0.05) is 30.3 Å². The number of aromatic nitrogens is 2. The normalized spacial score (nSPS) is 20.4. The molecule has 2 heterocycles. The molecule has 9 nitrogen and oxygen atoms in total. The number of rotatable bonds is 6. The monoisotopic (exact) mass is 415 g/mol. The molecule has 0 saturated carbocycles. The zero-order valence-electron chi connectivity index (χ0n) is 14.8. The third-order valence-electron chi connectivity index (χ3n) is 4.76. The molecule has 1 fully saturated rings. The van der Waals surface area contributed by atoms with Gasteiger partial charge in [-0.2, -0.15) is 8.99 Å². The van der Waals surface area contributed by atoms with Crippen LogP contribution in [0.1, 0.15) is 18.4 Å². The molecule has 3 rings (SSSR count). The van der Waals surface area contributed by atoms with Gasteiger partial charge in [0.2, 0.25) is 4.90 Å². The Labute approximate surface area is 163 Å². The van der Waals surface area contributed by atoms with Crippen LogP contribution in [0.25, 0.3) is 0 Å². The number of nitro groups is 1. The lowest BCUT2D eigenvalue weighted by Crippen LogP contribution is -2.30. The highest BCUT2D eigenvalue weighted by Crippen LogP contribution is 2.36. The van der Waals surface area contributed by atoms with Crippen molar-refractivity contribution in [1.82, 2.24) is 14.1 Å². The highest BCUT2D eigenvalue weighted by Gasteiger charge is 2.43. The van der Waals surface area contributed by atoms with Gasteiger partial charge in [0, 0.05) is 19.0 Å². The van der Waals surface area contributed by atoms with Crippen LogP contribution in [0.5, 0.6) is 0 Å². The topological polar surface area (TPSA) is 124 Å². The largest absolute Gasteiger partial charge is 0.410 e. The highest BCUT2D eigenvalue weighted by atomic mass is 35.5. The van der Waals surface area contributed by atoms with E-state index in [1.54, 1.807) is 6.92 Å². The van der Waals surface area contributed by atoms with E-state index in [1.807, 2.05) is 30.3 Å². The minimum Gasteiger partial charge on any atom is -0.358 e. The van der Waals surface area contributed by atoms with Gasteiger partial charge >= 0.3 is 5.82 Å². The molecule has 1 aromatic heterocycles. The number of hydrogen-bond acceptors (Lipinski definition) is 6. The first-order valence-corrected chi connectivity index (χ1v) is 9.79. The summed E-state index contributed by atoms with van der Waals surface area (Å²) in [6, 6.07) is 9.58. The smallest absolute Gasteiger partial charge is 0.358 e. The Bertz CT molecular complexity index is 903. The summed E-state index contributed by atoms with van der Waals surface area (Å²) in [6.45, 7) is 2.88. The predicted molar refractivity (Wildman–Crippen MR) is 102 cm³/mol. The van der Waals surface area contributed by atoms with Crippen LogP contribution >= 0.6 is 12.4 Å². The van der Waals surface area contributed by atoms with E-state index >= 15 is 0 Å². The Morgan fingerprint density at radius 2 is 1.96 bits per heavy atom. The molecular formula is C16H22ClN5O4S. The van der Waals surface area contributed by atoms with Crippen molar-refractivity contribution in [2.24, 2.45) is 11.7 Å². The van der Waals surface area contributed by atoms with Gasteiger partial charge in [-0.15, -0.1) is 12.4 Å². The lowest BCUT2D eigenvalue weighted by Gasteiger charge is -2.16. The maximum absolute atomic E-state index is 13.1. The van der Waals surface area contributed by atoms with Gasteiger partial charge in [-0.25, -0.2) is 8.42 Å². The number of aryl methyl sites for hydroxylation is 1. The van der Waals surface area contributed by atoms with Crippen LogP contribution in [0.4, 0.5) is 5.82 Å². The Hall–Kier alpha value is -2.01. The molecular weight excluding hydrogens is 394 g/mol. The maximum atomic E-state index is 13.1. The van der Waals surface area contributed by atoms with Crippen LogP contribution in [-0.2, 0) is 16.6 Å². The van der Waals surface area contributed by atoms with Crippen molar-refractivity contribution in [3.63, 3.8) is 0 Å². The number of benzene rings is 1. The molecule has 0 spiro atoms. The van der Waals surface area contributed by atoms with Gasteiger partial charge in [0.1, 0.15) is 0 Å². The second-order valence-electron chi connectivity index (χ2n) is 6.26. The average Bonchev–Trinajstić information content (AvgIpc) is 3.27. The predicted octanol–water partition coefficient (Wildman–Crippen LogP) is 1.60. The van der Waals surface area contributed by atoms with Crippen LogP contribution in [0.2, 0.25) is 0 Å². The van der Waals surface area contributed by atoms with Crippen molar-refractivity contribution in [2.45, 2.75) is 24.3 Å². The first-order chi connectivity index (χ1) is 12.4. The summed E-state index contributed by atoms with van der Waals surface area (Å²) in [5, 5.41) is 15.0. The summed E-state index contributed by atoms with van der Waals surface area (Å²) < 4.78 is 28.7. The molecule has 0 bridgehead atoms. The third-order valence-corrected chi connectivity index (χ3v) is 6.58. The van der Waals surface area contributed by atoms with Gasteiger partial charge < -0.3 is 15.8 Å². The molecule has 1 aliphatic heterocycles. The van der Waals surface area contributed by atoms with E-state index in [9.17, 15) is 18.5 Å². The van der Waals surface area contributed by atoms with Crippen LogP contribution in [0.3, 0.4) is 0 Å². The van der Waals surface area contributed by atoms with Crippen LogP contribution in [0.15, 0.2) is 41.4 Å². The summed E-state index contributed by atoms with van der Waals surface area (Å²) in [6.07, 6.45) is 1.22. The zero-order chi connectivity index (χ0) is 18.9. The van der Waals surface area contributed by atoms with E-state index in [1.165, 1.54) is 15.2 Å². The Balaban J connectivity index is 0.00000261. The van der Waals surface area contributed by atoms with E-state index in [2.05, 4.69) is 5.10 Å². The second kappa shape index (κ2) is 8.34. The molecule has 1 aliphatic rings. The summed E-state index contributed by atoms with van der Waals surface area (Å²) in [5.74, 6) is -0.733. The Kier molecular flexibility index (Phi) is 6.58. The lowest BCUT2D eigenvalue weighted by molar-refractivity contribution is -0.392. The van der Waals surface area contributed by atoms with E-state index in [0.29, 0.717) is 13.1 Å². The quantitative estimate of drug-likeness (QED) is 0.564. The molecule has 0 radical (unpaired) electrons. The van der Waals surface area contributed by atoms with E-state index in [-0.39, 0.29) is 42.2 Å². The molecule has 1 aromatic carbocycles. The first-order valence-electron chi connectivity index (χ1n) is 8.35. The minimum atomic E-state index is -4.03. The number of nitrogens with two attached hydrogens (primary N) is 1. The molecule has 11 heteroatoms. The van der Waals surface area contributed by atoms with Crippen molar-refractivity contribution in [2.75, 3.05) is 19.6 Å². The summed E-state index contributed by atoms with van der Waals surface area (Å²) in [4.78, 5) is 10.1. The summed E-state index contributed by atoms with van der Waals surface area (Å²) in [5.41, 5.74) is 6.88. The second-order valence-corrected chi connectivity index (χ2v) is 8.17. The zero-order valence-corrected chi connectivity index (χ0v) is 16.4. The van der Waals surface area contributed by atoms with Crippen molar-refractivity contribution < 1.29 is 13.3 Å². The van der Waals surface area contributed by atoms with Crippen LogP contribution in [-0.4, -0.2) is 47.1 Å². The van der Waals surface area contributed by atoms with Crippen molar-refractivity contribution in [1.29, 1.82) is 0 Å². The number of sulfonamides is 1. The summed E-state index contributed by atoms with van der Waals surface area (Å²) >= 11 is 0. The molecule has 2 N–H and O–H groups in total. The molecule has 0 aliphatic carbocycles.